The second-order valence-corrected chi connectivity index (χ2v) is 6.29. The van der Waals surface area contributed by atoms with Crippen molar-refractivity contribution in [3.8, 4) is 0 Å². The highest BCUT2D eigenvalue weighted by molar-refractivity contribution is 5.62. The molecule has 0 aliphatic carbocycles. The summed E-state index contributed by atoms with van der Waals surface area (Å²) in [5.74, 6) is -0.833. The van der Waals surface area contributed by atoms with E-state index >= 15 is 0 Å². The van der Waals surface area contributed by atoms with Crippen LogP contribution in [0, 0.1) is 0 Å². The molecule has 0 aromatic carbocycles. The highest BCUT2D eigenvalue weighted by atomic mass is 16.4. The quantitative estimate of drug-likeness (QED) is 0.251. The molecule has 0 radical (unpaired) electrons. The summed E-state index contributed by atoms with van der Waals surface area (Å²) in [4.78, 5) is 9.00. The normalized spacial score (nSPS) is 10.5. The van der Waals surface area contributed by atoms with Crippen LogP contribution in [0.1, 0.15) is 110 Å². The number of allylic oxidation sites excluding steroid dienone is 1. The SMILES string of the molecule is CC(=O)O.CCCCCCCCCCCCCCCCC=CO. The predicted molar refractivity (Wildman–Crippen MR) is 100 cm³/mol. The summed E-state index contributed by atoms with van der Waals surface area (Å²) in [6.45, 7) is 3.36. The second-order valence-electron chi connectivity index (χ2n) is 6.29. The van der Waals surface area contributed by atoms with Crippen molar-refractivity contribution in [1.82, 2.24) is 0 Å². The van der Waals surface area contributed by atoms with E-state index in [0.29, 0.717) is 0 Å². The first-order valence-electron chi connectivity index (χ1n) is 9.63. The third kappa shape index (κ3) is 33.7. The molecule has 0 rings (SSSR count). The van der Waals surface area contributed by atoms with E-state index < -0.39 is 5.97 Å². The second kappa shape index (κ2) is 23.3. The van der Waals surface area contributed by atoms with Gasteiger partial charge in [-0.15, -0.1) is 0 Å². The van der Waals surface area contributed by atoms with E-state index in [1.807, 2.05) is 6.08 Å². The summed E-state index contributed by atoms with van der Waals surface area (Å²) in [6.07, 6.45) is 23.7. The molecule has 138 valence electrons. The lowest BCUT2D eigenvalue weighted by atomic mass is 10.0. The number of carboxylic acid groups (broad SMARTS) is 1. The van der Waals surface area contributed by atoms with Crippen molar-refractivity contribution < 1.29 is 15.0 Å². The van der Waals surface area contributed by atoms with E-state index in [9.17, 15) is 0 Å². The van der Waals surface area contributed by atoms with Crippen LogP contribution in [0.15, 0.2) is 12.3 Å². The molecule has 23 heavy (non-hydrogen) atoms. The maximum Gasteiger partial charge on any atom is 0.300 e. The molecule has 0 saturated heterocycles. The van der Waals surface area contributed by atoms with Crippen molar-refractivity contribution in [3.63, 3.8) is 0 Å². The van der Waals surface area contributed by atoms with Gasteiger partial charge in [-0.1, -0.05) is 96.5 Å². The summed E-state index contributed by atoms with van der Waals surface area (Å²) in [5.41, 5.74) is 0. The average Bonchev–Trinajstić information content (AvgIpc) is 2.50. The summed E-state index contributed by atoms with van der Waals surface area (Å²) in [5, 5.41) is 15.9. The van der Waals surface area contributed by atoms with Crippen molar-refractivity contribution in [2.75, 3.05) is 0 Å². The van der Waals surface area contributed by atoms with Gasteiger partial charge in [0.05, 0.1) is 6.26 Å². The third-order valence-electron chi connectivity index (χ3n) is 3.83. The Bertz CT molecular complexity index is 245. The molecule has 0 heterocycles. The van der Waals surface area contributed by atoms with Crippen LogP contribution in [-0.2, 0) is 4.79 Å². The first kappa shape index (κ1) is 24.3. The van der Waals surface area contributed by atoms with E-state index in [1.54, 1.807) is 0 Å². The van der Waals surface area contributed by atoms with Gasteiger partial charge in [-0.3, -0.25) is 4.79 Å². The van der Waals surface area contributed by atoms with Gasteiger partial charge in [0, 0.05) is 6.92 Å². The minimum absolute atomic E-state index is 0.833. The van der Waals surface area contributed by atoms with Crippen LogP contribution >= 0.6 is 0 Å². The van der Waals surface area contributed by atoms with Gasteiger partial charge in [0.15, 0.2) is 0 Å². The first-order chi connectivity index (χ1) is 11.1. The lowest BCUT2D eigenvalue weighted by molar-refractivity contribution is -0.134. The molecule has 0 aromatic rings. The Balaban J connectivity index is 0. The Morgan fingerprint density at radius 1 is 0.739 bits per heavy atom. The van der Waals surface area contributed by atoms with Gasteiger partial charge in [-0.25, -0.2) is 0 Å². The summed E-state index contributed by atoms with van der Waals surface area (Å²) in [6, 6.07) is 0. The molecule has 0 aliphatic rings. The molecule has 0 atom stereocenters. The van der Waals surface area contributed by atoms with E-state index in [2.05, 4.69) is 6.92 Å². The minimum Gasteiger partial charge on any atom is -0.516 e. The Labute approximate surface area is 144 Å². The Morgan fingerprint density at radius 2 is 1.04 bits per heavy atom. The standard InChI is InChI=1S/C18H36O.C2H4O2/c1-2-3-4-5-6-7-8-9-10-11-12-13-14-15-16-17-18-19;1-2(3)4/h17-19H,2-16H2,1H3;1H3,(H,3,4). The van der Waals surface area contributed by atoms with Crippen molar-refractivity contribution in [2.24, 2.45) is 0 Å². The zero-order valence-corrected chi connectivity index (χ0v) is 15.6. The predicted octanol–water partition coefficient (Wildman–Crippen LogP) is 7.02. The molecule has 0 amide bonds. The van der Waals surface area contributed by atoms with Gasteiger partial charge in [-0.2, -0.15) is 0 Å². The number of hydrogen-bond donors (Lipinski definition) is 2. The summed E-state index contributed by atoms with van der Waals surface area (Å²) in [7, 11) is 0. The van der Waals surface area contributed by atoms with Gasteiger partial charge in [0.25, 0.3) is 5.97 Å². The maximum absolute atomic E-state index is 9.00. The molecule has 0 fully saturated rings. The molecule has 3 nitrogen and oxygen atoms in total. The Hall–Kier alpha value is -0.990. The van der Waals surface area contributed by atoms with Crippen LogP contribution in [0.2, 0.25) is 0 Å². The Morgan fingerprint density at radius 3 is 1.35 bits per heavy atom. The molecule has 0 aromatic heterocycles. The first-order valence-corrected chi connectivity index (χ1v) is 9.63. The Kier molecular flexibility index (Phi) is 24.6. The molecular weight excluding hydrogens is 288 g/mol. The molecule has 0 bridgehead atoms. The fourth-order valence-corrected chi connectivity index (χ4v) is 2.53. The molecule has 2 N–H and O–H groups in total. The summed E-state index contributed by atoms with van der Waals surface area (Å²) >= 11 is 0. The van der Waals surface area contributed by atoms with Crippen molar-refractivity contribution in [1.29, 1.82) is 0 Å². The molecule has 0 aliphatic heterocycles. The fraction of sp³-hybridized carbons (Fsp3) is 0.850. The van der Waals surface area contributed by atoms with Crippen LogP contribution in [0.25, 0.3) is 0 Å². The lowest BCUT2D eigenvalue weighted by Gasteiger charge is -2.02. The van der Waals surface area contributed by atoms with Crippen LogP contribution in [0.3, 0.4) is 0 Å². The number of carbonyl (C=O) groups is 1. The highest BCUT2D eigenvalue weighted by Gasteiger charge is 1.93. The monoisotopic (exact) mass is 328 g/mol. The van der Waals surface area contributed by atoms with Gasteiger partial charge in [-0.05, 0) is 12.8 Å². The smallest absolute Gasteiger partial charge is 0.300 e. The molecular formula is C20H40O3. The summed E-state index contributed by atoms with van der Waals surface area (Å²) < 4.78 is 0. The fourth-order valence-electron chi connectivity index (χ4n) is 2.53. The minimum atomic E-state index is -0.833. The van der Waals surface area contributed by atoms with E-state index in [1.165, 1.54) is 96.2 Å². The zero-order chi connectivity index (χ0) is 17.6. The molecule has 0 spiro atoms. The van der Waals surface area contributed by atoms with Gasteiger partial charge < -0.3 is 10.2 Å². The maximum atomic E-state index is 9.00. The van der Waals surface area contributed by atoms with Crippen molar-refractivity contribution in [3.05, 3.63) is 12.3 Å². The van der Waals surface area contributed by atoms with Crippen LogP contribution in [-0.4, -0.2) is 16.2 Å². The highest BCUT2D eigenvalue weighted by Crippen LogP contribution is 2.13. The van der Waals surface area contributed by atoms with Gasteiger partial charge in [0.2, 0.25) is 0 Å². The number of aliphatic hydroxyl groups is 1. The van der Waals surface area contributed by atoms with E-state index in [-0.39, 0.29) is 0 Å². The van der Waals surface area contributed by atoms with Crippen LogP contribution in [0.5, 0.6) is 0 Å². The van der Waals surface area contributed by atoms with E-state index in [0.717, 1.165) is 13.3 Å². The van der Waals surface area contributed by atoms with E-state index in [4.69, 9.17) is 15.0 Å². The number of unbranched alkanes of at least 4 members (excludes halogenated alkanes) is 14. The molecule has 0 unspecified atom stereocenters. The zero-order valence-electron chi connectivity index (χ0n) is 15.6. The average molecular weight is 329 g/mol. The number of carboxylic acids is 1. The molecule has 0 saturated carbocycles. The number of rotatable bonds is 15. The largest absolute Gasteiger partial charge is 0.516 e. The topological polar surface area (TPSA) is 57.5 Å². The number of hydrogen-bond acceptors (Lipinski definition) is 2. The van der Waals surface area contributed by atoms with Crippen molar-refractivity contribution >= 4 is 5.97 Å². The van der Waals surface area contributed by atoms with Crippen molar-refractivity contribution in [2.45, 2.75) is 110 Å². The lowest BCUT2D eigenvalue weighted by Crippen LogP contribution is -1.83. The van der Waals surface area contributed by atoms with Gasteiger partial charge >= 0.3 is 0 Å². The van der Waals surface area contributed by atoms with Crippen LogP contribution in [0.4, 0.5) is 0 Å². The van der Waals surface area contributed by atoms with Gasteiger partial charge in [0.1, 0.15) is 0 Å². The third-order valence-corrected chi connectivity index (χ3v) is 3.83. The number of aliphatic hydroxyl groups excluding tert-OH is 1. The van der Waals surface area contributed by atoms with Crippen LogP contribution < -0.4 is 0 Å². The number of aliphatic carboxylic acids is 1. The molecule has 3 heteroatoms.